The van der Waals surface area contributed by atoms with Gasteiger partial charge in [0.05, 0.1) is 15.7 Å². The average molecular weight is 398 g/mol. The Morgan fingerprint density at radius 1 is 1.21 bits per heavy atom. The number of aromatic nitrogens is 2. The van der Waals surface area contributed by atoms with Gasteiger partial charge in [0.2, 0.25) is 0 Å². The normalized spacial score (nSPS) is 17.5. The fraction of sp³-hybridized carbons (Fsp3) is 0.211. The largest absolute Gasteiger partial charge is 0.323 e. The summed E-state index contributed by atoms with van der Waals surface area (Å²) in [6.07, 6.45) is 3.28. The van der Waals surface area contributed by atoms with Crippen LogP contribution in [0.5, 0.6) is 0 Å². The topological polar surface area (TPSA) is 43.8 Å². The number of aryl methyl sites for hydroxylation is 1. The maximum atomic E-state index is 6.52. The van der Waals surface area contributed by atoms with Crippen LogP contribution < -0.4 is 5.73 Å². The van der Waals surface area contributed by atoms with Crippen molar-refractivity contribution in [1.82, 2.24) is 9.55 Å². The van der Waals surface area contributed by atoms with E-state index in [1.54, 1.807) is 11.3 Å². The third-order valence-electron chi connectivity index (χ3n) is 4.84. The van der Waals surface area contributed by atoms with Gasteiger partial charge in [-0.3, -0.25) is 4.57 Å². The number of nitrogens with two attached hydrogens (primary N) is 1. The van der Waals surface area contributed by atoms with Gasteiger partial charge in [0.1, 0.15) is 0 Å². The lowest BCUT2D eigenvalue weighted by Gasteiger charge is -2.21. The van der Waals surface area contributed by atoms with Crippen molar-refractivity contribution in [2.75, 3.05) is 0 Å². The highest BCUT2D eigenvalue weighted by atomic mass is 79.9. The minimum Gasteiger partial charge on any atom is -0.323 e. The van der Waals surface area contributed by atoms with Crippen LogP contribution in [0.1, 0.15) is 30.1 Å². The fourth-order valence-corrected chi connectivity index (χ4v) is 5.15. The number of thiazole rings is 1. The second-order valence-electron chi connectivity index (χ2n) is 6.32. The fourth-order valence-electron chi connectivity index (χ4n) is 3.80. The molecule has 2 aromatic heterocycles. The first-order chi connectivity index (χ1) is 11.7. The van der Waals surface area contributed by atoms with E-state index in [9.17, 15) is 0 Å². The Hall–Kier alpha value is -1.69. The molecular weight excluding hydrogens is 382 g/mol. The van der Waals surface area contributed by atoms with Gasteiger partial charge in [0.25, 0.3) is 0 Å². The van der Waals surface area contributed by atoms with Crippen LogP contribution in [0.4, 0.5) is 0 Å². The van der Waals surface area contributed by atoms with E-state index in [2.05, 4.69) is 56.9 Å². The predicted molar refractivity (Wildman–Crippen MR) is 104 cm³/mol. The first-order valence-corrected chi connectivity index (χ1v) is 9.77. The molecule has 24 heavy (non-hydrogen) atoms. The molecule has 0 fully saturated rings. The molecule has 0 saturated carbocycles. The van der Waals surface area contributed by atoms with Gasteiger partial charge in [-0.25, -0.2) is 4.98 Å². The molecule has 0 aliphatic heterocycles. The second kappa shape index (κ2) is 5.41. The lowest BCUT2D eigenvalue weighted by atomic mass is 9.92. The Bertz CT molecular complexity index is 1050. The Kier molecular flexibility index (Phi) is 3.30. The Labute approximate surface area is 152 Å². The molecule has 5 rings (SSSR count). The molecule has 1 aliphatic rings. The standard InChI is InChI=1S/C19H16BrN3S/c20-11-8-9-16-13(10-11)12-4-3-5-14(21)18(12)23(16)19-22-15-6-1-2-7-17(15)24-19/h1-2,6-10,14H,3-5,21H2. The Morgan fingerprint density at radius 2 is 2.08 bits per heavy atom. The molecule has 2 heterocycles. The summed E-state index contributed by atoms with van der Waals surface area (Å²) in [6.45, 7) is 0. The zero-order chi connectivity index (χ0) is 16.3. The SMILES string of the molecule is NC1CCCc2c1n(-c1nc3ccccc3s1)c1ccc(Br)cc21. The van der Waals surface area contributed by atoms with Crippen molar-refractivity contribution in [3.8, 4) is 5.13 Å². The molecule has 1 aliphatic carbocycles. The summed E-state index contributed by atoms with van der Waals surface area (Å²) < 4.78 is 4.62. The monoisotopic (exact) mass is 397 g/mol. The summed E-state index contributed by atoms with van der Waals surface area (Å²) in [6, 6.07) is 14.9. The quantitative estimate of drug-likeness (QED) is 0.471. The van der Waals surface area contributed by atoms with E-state index in [-0.39, 0.29) is 6.04 Å². The number of nitrogens with zero attached hydrogens (tertiary/aromatic N) is 2. The van der Waals surface area contributed by atoms with Gasteiger partial charge in [0.15, 0.2) is 5.13 Å². The summed E-state index contributed by atoms with van der Waals surface area (Å²) in [4.78, 5) is 4.88. The van der Waals surface area contributed by atoms with Crippen LogP contribution in [-0.2, 0) is 6.42 Å². The number of rotatable bonds is 1. The van der Waals surface area contributed by atoms with E-state index in [1.807, 2.05) is 6.07 Å². The molecule has 1 atom stereocenters. The Balaban J connectivity index is 1.88. The van der Waals surface area contributed by atoms with Crippen molar-refractivity contribution in [2.24, 2.45) is 5.73 Å². The molecule has 0 radical (unpaired) electrons. The van der Waals surface area contributed by atoms with Crippen molar-refractivity contribution in [1.29, 1.82) is 0 Å². The van der Waals surface area contributed by atoms with Crippen molar-refractivity contribution in [2.45, 2.75) is 25.3 Å². The molecule has 3 nitrogen and oxygen atoms in total. The summed E-state index contributed by atoms with van der Waals surface area (Å²) in [5.74, 6) is 0. The van der Waals surface area contributed by atoms with Crippen LogP contribution in [-0.4, -0.2) is 9.55 Å². The van der Waals surface area contributed by atoms with Crippen molar-refractivity contribution >= 4 is 48.4 Å². The first kappa shape index (κ1) is 14.6. The van der Waals surface area contributed by atoms with Gasteiger partial charge >= 0.3 is 0 Å². The summed E-state index contributed by atoms with van der Waals surface area (Å²) in [5, 5.41) is 2.32. The highest BCUT2D eigenvalue weighted by Crippen LogP contribution is 2.40. The van der Waals surface area contributed by atoms with Crippen molar-refractivity contribution in [3.63, 3.8) is 0 Å². The molecule has 4 aromatic rings. The van der Waals surface area contributed by atoms with E-state index in [0.29, 0.717) is 0 Å². The summed E-state index contributed by atoms with van der Waals surface area (Å²) >= 11 is 5.35. The number of hydrogen-bond donors (Lipinski definition) is 1. The molecule has 120 valence electrons. The molecule has 0 saturated heterocycles. The van der Waals surface area contributed by atoms with Crippen LogP contribution in [0.2, 0.25) is 0 Å². The van der Waals surface area contributed by atoms with Crippen LogP contribution in [0, 0.1) is 0 Å². The second-order valence-corrected chi connectivity index (χ2v) is 8.25. The van der Waals surface area contributed by atoms with Gasteiger partial charge < -0.3 is 5.73 Å². The van der Waals surface area contributed by atoms with Gasteiger partial charge in [0, 0.05) is 21.6 Å². The third-order valence-corrected chi connectivity index (χ3v) is 6.36. The smallest absolute Gasteiger partial charge is 0.195 e. The van der Waals surface area contributed by atoms with E-state index >= 15 is 0 Å². The number of fused-ring (bicyclic) bond motifs is 4. The number of halogens is 1. The lowest BCUT2D eigenvalue weighted by Crippen LogP contribution is -2.20. The van der Waals surface area contributed by atoms with Crippen LogP contribution >= 0.6 is 27.3 Å². The van der Waals surface area contributed by atoms with Gasteiger partial charge in [-0.1, -0.05) is 39.4 Å². The highest BCUT2D eigenvalue weighted by molar-refractivity contribution is 9.10. The molecule has 2 N–H and O–H groups in total. The van der Waals surface area contributed by atoms with Crippen molar-refractivity contribution in [3.05, 3.63) is 58.2 Å². The van der Waals surface area contributed by atoms with Crippen LogP contribution in [0.3, 0.4) is 0 Å². The molecule has 0 bridgehead atoms. The minimum absolute atomic E-state index is 0.0759. The summed E-state index contributed by atoms with van der Waals surface area (Å²) in [7, 11) is 0. The lowest BCUT2D eigenvalue weighted by molar-refractivity contribution is 0.551. The first-order valence-electron chi connectivity index (χ1n) is 8.16. The maximum Gasteiger partial charge on any atom is 0.195 e. The molecule has 0 amide bonds. The Morgan fingerprint density at radius 3 is 2.96 bits per heavy atom. The van der Waals surface area contributed by atoms with Gasteiger partial charge in [-0.2, -0.15) is 0 Å². The third kappa shape index (κ3) is 2.08. The number of benzene rings is 2. The molecular formula is C19H16BrN3S. The van der Waals surface area contributed by atoms with E-state index in [1.165, 1.54) is 26.9 Å². The van der Waals surface area contributed by atoms with Crippen molar-refractivity contribution < 1.29 is 0 Å². The number of para-hydroxylation sites is 1. The summed E-state index contributed by atoms with van der Waals surface area (Å²) in [5.41, 5.74) is 11.4. The van der Waals surface area contributed by atoms with Crippen LogP contribution in [0.25, 0.3) is 26.3 Å². The van der Waals surface area contributed by atoms with E-state index in [4.69, 9.17) is 10.7 Å². The highest BCUT2D eigenvalue weighted by Gasteiger charge is 2.27. The zero-order valence-electron chi connectivity index (χ0n) is 13.0. The molecule has 2 aromatic carbocycles. The van der Waals surface area contributed by atoms with Gasteiger partial charge in [-0.05, 0) is 55.2 Å². The predicted octanol–water partition coefficient (Wildman–Crippen LogP) is 5.34. The molecule has 1 unspecified atom stereocenters. The number of hydrogen-bond acceptors (Lipinski definition) is 3. The molecule has 5 heteroatoms. The zero-order valence-corrected chi connectivity index (χ0v) is 15.4. The van der Waals surface area contributed by atoms with Crippen LogP contribution in [0.15, 0.2) is 46.9 Å². The molecule has 0 spiro atoms. The maximum absolute atomic E-state index is 6.52. The van der Waals surface area contributed by atoms with Gasteiger partial charge in [-0.15, -0.1) is 0 Å². The van der Waals surface area contributed by atoms with E-state index in [0.717, 1.165) is 34.4 Å². The van der Waals surface area contributed by atoms with E-state index < -0.39 is 0 Å². The minimum atomic E-state index is 0.0759. The average Bonchev–Trinajstić information content (AvgIpc) is 3.14.